The van der Waals surface area contributed by atoms with Gasteiger partial charge in [-0.3, -0.25) is 9.69 Å². The van der Waals surface area contributed by atoms with Gasteiger partial charge in [0.1, 0.15) is 5.82 Å². The Hall–Kier alpha value is -3.23. The first-order valence-electron chi connectivity index (χ1n) is 11.6. The predicted molar refractivity (Wildman–Crippen MR) is 133 cm³/mol. The van der Waals surface area contributed by atoms with Crippen molar-refractivity contribution in [3.8, 4) is 10.4 Å². The highest BCUT2D eigenvalue weighted by molar-refractivity contribution is 7.15. The molecule has 1 saturated heterocycles. The number of hydrogen-bond donors (Lipinski definition) is 2. The molecule has 1 saturated carbocycles. The Morgan fingerprint density at radius 3 is 2.38 bits per heavy atom. The van der Waals surface area contributed by atoms with E-state index in [2.05, 4.69) is 21.6 Å². The second kappa shape index (κ2) is 9.95. The number of amides is 3. The monoisotopic (exact) mass is 478 g/mol. The fourth-order valence-electron chi connectivity index (χ4n) is 4.06. The minimum Gasteiger partial charge on any atom is -0.336 e. The highest BCUT2D eigenvalue weighted by Crippen LogP contribution is 2.30. The molecule has 0 spiro atoms. The van der Waals surface area contributed by atoms with Gasteiger partial charge in [0.25, 0.3) is 5.91 Å². The normalized spacial score (nSPS) is 16.3. The summed E-state index contributed by atoms with van der Waals surface area (Å²) in [5, 5.41) is 5.68. The SMILES string of the molecule is O=C(Nc1ccc(C(=O)N2CCN(Cc3ccc(-c4ccccc4F)s3)CC2)cc1)NC1CC1. The van der Waals surface area contributed by atoms with Crippen LogP contribution in [-0.4, -0.2) is 54.0 Å². The Morgan fingerprint density at radius 2 is 1.68 bits per heavy atom. The quantitative estimate of drug-likeness (QED) is 0.535. The van der Waals surface area contributed by atoms with E-state index in [9.17, 15) is 14.0 Å². The average Bonchev–Trinajstić information content (AvgIpc) is 3.54. The lowest BCUT2D eigenvalue weighted by molar-refractivity contribution is 0.0629. The third-order valence-electron chi connectivity index (χ3n) is 6.14. The van der Waals surface area contributed by atoms with E-state index < -0.39 is 0 Å². The van der Waals surface area contributed by atoms with Crippen molar-refractivity contribution in [2.75, 3.05) is 31.5 Å². The van der Waals surface area contributed by atoms with E-state index in [1.165, 1.54) is 10.9 Å². The summed E-state index contributed by atoms with van der Waals surface area (Å²) in [5.74, 6) is -0.194. The molecule has 2 aromatic carbocycles. The molecule has 1 aromatic heterocycles. The Labute approximate surface area is 202 Å². The second-order valence-electron chi connectivity index (χ2n) is 8.76. The van der Waals surface area contributed by atoms with Crippen LogP contribution in [0.1, 0.15) is 28.1 Å². The van der Waals surface area contributed by atoms with Gasteiger partial charge in [0.2, 0.25) is 0 Å². The molecule has 2 fully saturated rings. The number of carbonyl (C=O) groups is 2. The molecular weight excluding hydrogens is 451 g/mol. The van der Waals surface area contributed by atoms with Gasteiger partial charge in [0.15, 0.2) is 0 Å². The molecule has 0 atom stereocenters. The third kappa shape index (κ3) is 5.46. The number of nitrogens with zero attached hydrogens (tertiary/aromatic N) is 2. The van der Waals surface area contributed by atoms with Crippen molar-refractivity contribution in [2.45, 2.75) is 25.4 Å². The van der Waals surface area contributed by atoms with Crippen molar-refractivity contribution in [3.63, 3.8) is 0 Å². The van der Waals surface area contributed by atoms with Gasteiger partial charge in [-0.25, -0.2) is 9.18 Å². The molecule has 8 heteroatoms. The molecular formula is C26H27FN4O2S. The van der Waals surface area contributed by atoms with Crippen LogP contribution in [0.2, 0.25) is 0 Å². The molecule has 2 N–H and O–H groups in total. The van der Waals surface area contributed by atoms with Gasteiger partial charge in [0, 0.05) is 65.3 Å². The Morgan fingerprint density at radius 1 is 0.941 bits per heavy atom. The zero-order chi connectivity index (χ0) is 23.5. The number of halogens is 1. The van der Waals surface area contributed by atoms with E-state index in [0.29, 0.717) is 35.9 Å². The summed E-state index contributed by atoms with van der Waals surface area (Å²) < 4.78 is 14.1. The van der Waals surface area contributed by atoms with E-state index in [-0.39, 0.29) is 17.8 Å². The maximum Gasteiger partial charge on any atom is 0.319 e. The smallest absolute Gasteiger partial charge is 0.319 e. The van der Waals surface area contributed by atoms with Gasteiger partial charge in [-0.15, -0.1) is 11.3 Å². The zero-order valence-electron chi connectivity index (χ0n) is 18.8. The number of urea groups is 1. The van der Waals surface area contributed by atoms with Crippen LogP contribution < -0.4 is 10.6 Å². The highest BCUT2D eigenvalue weighted by Gasteiger charge is 2.24. The first-order valence-corrected chi connectivity index (χ1v) is 12.4. The van der Waals surface area contributed by atoms with Crippen molar-refractivity contribution in [3.05, 3.63) is 76.9 Å². The fourth-order valence-corrected chi connectivity index (χ4v) is 5.13. The number of nitrogens with one attached hydrogen (secondary N) is 2. The Kier molecular flexibility index (Phi) is 6.60. The van der Waals surface area contributed by atoms with E-state index in [1.54, 1.807) is 47.7 Å². The largest absolute Gasteiger partial charge is 0.336 e. The van der Waals surface area contributed by atoms with Gasteiger partial charge in [-0.1, -0.05) is 18.2 Å². The summed E-state index contributed by atoms with van der Waals surface area (Å²) in [5.41, 5.74) is 1.93. The van der Waals surface area contributed by atoms with E-state index >= 15 is 0 Å². The highest BCUT2D eigenvalue weighted by atomic mass is 32.1. The summed E-state index contributed by atoms with van der Waals surface area (Å²) in [6.45, 7) is 3.70. The predicted octanol–water partition coefficient (Wildman–Crippen LogP) is 4.80. The van der Waals surface area contributed by atoms with E-state index in [1.807, 2.05) is 17.0 Å². The number of thiophene rings is 1. The van der Waals surface area contributed by atoms with Gasteiger partial charge >= 0.3 is 6.03 Å². The number of anilines is 1. The number of hydrogen-bond acceptors (Lipinski definition) is 4. The molecule has 176 valence electrons. The van der Waals surface area contributed by atoms with E-state index in [4.69, 9.17) is 0 Å². The second-order valence-corrected chi connectivity index (χ2v) is 9.93. The van der Waals surface area contributed by atoms with Crippen LogP contribution in [0, 0.1) is 5.82 Å². The molecule has 1 aliphatic carbocycles. The van der Waals surface area contributed by atoms with Gasteiger partial charge < -0.3 is 15.5 Å². The van der Waals surface area contributed by atoms with Crippen molar-refractivity contribution in [1.82, 2.24) is 15.1 Å². The molecule has 5 rings (SSSR count). The zero-order valence-corrected chi connectivity index (χ0v) is 19.6. The molecule has 3 aromatic rings. The molecule has 0 unspecified atom stereocenters. The van der Waals surface area contributed by atoms with Crippen LogP contribution in [0.15, 0.2) is 60.7 Å². The average molecular weight is 479 g/mol. The van der Waals surface area contributed by atoms with Gasteiger partial charge in [-0.05, 0) is 55.3 Å². The maximum atomic E-state index is 14.1. The number of benzene rings is 2. The van der Waals surface area contributed by atoms with Crippen LogP contribution in [0.5, 0.6) is 0 Å². The summed E-state index contributed by atoms with van der Waals surface area (Å²) >= 11 is 1.61. The van der Waals surface area contributed by atoms with Crippen LogP contribution in [-0.2, 0) is 6.54 Å². The number of rotatable bonds is 6. The summed E-state index contributed by atoms with van der Waals surface area (Å²) in [7, 11) is 0. The summed E-state index contributed by atoms with van der Waals surface area (Å²) in [6, 6.07) is 18.0. The Balaban J connectivity index is 1.11. The molecule has 2 heterocycles. The lowest BCUT2D eigenvalue weighted by Crippen LogP contribution is -2.48. The summed E-state index contributed by atoms with van der Waals surface area (Å²) in [4.78, 5) is 31.1. The minimum absolute atomic E-state index is 0.00611. The van der Waals surface area contributed by atoms with Crippen molar-refractivity contribution < 1.29 is 14.0 Å². The van der Waals surface area contributed by atoms with Gasteiger partial charge in [0.05, 0.1) is 0 Å². The first-order chi connectivity index (χ1) is 16.5. The topological polar surface area (TPSA) is 64.7 Å². The van der Waals surface area contributed by atoms with Crippen LogP contribution in [0.25, 0.3) is 10.4 Å². The van der Waals surface area contributed by atoms with Crippen LogP contribution in [0.4, 0.5) is 14.9 Å². The number of piperazine rings is 1. The molecule has 2 aliphatic rings. The molecule has 6 nitrogen and oxygen atoms in total. The first kappa shape index (κ1) is 22.6. The third-order valence-corrected chi connectivity index (χ3v) is 7.25. The number of carbonyl (C=O) groups excluding carboxylic acids is 2. The lowest BCUT2D eigenvalue weighted by Gasteiger charge is -2.34. The maximum absolute atomic E-state index is 14.1. The van der Waals surface area contributed by atoms with E-state index in [0.717, 1.165) is 37.4 Å². The van der Waals surface area contributed by atoms with Crippen LogP contribution >= 0.6 is 11.3 Å². The van der Waals surface area contributed by atoms with Crippen molar-refractivity contribution >= 4 is 29.0 Å². The van der Waals surface area contributed by atoms with Gasteiger partial charge in [-0.2, -0.15) is 0 Å². The van der Waals surface area contributed by atoms with Crippen molar-refractivity contribution in [1.29, 1.82) is 0 Å². The van der Waals surface area contributed by atoms with Crippen molar-refractivity contribution in [2.24, 2.45) is 0 Å². The lowest BCUT2D eigenvalue weighted by atomic mass is 10.1. The summed E-state index contributed by atoms with van der Waals surface area (Å²) in [6.07, 6.45) is 2.08. The molecule has 3 amide bonds. The standard InChI is InChI=1S/C26H27FN4O2S/c27-23-4-2-1-3-22(23)24-12-11-21(34-24)17-30-13-15-31(16-14-30)25(32)18-5-7-19(8-6-18)28-26(33)29-20-9-10-20/h1-8,11-12,20H,9-10,13-17H2,(H2,28,29,33). The Bertz CT molecular complexity index is 1170. The minimum atomic E-state index is -0.204. The fraction of sp³-hybridized carbons (Fsp3) is 0.308. The molecule has 0 radical (unpaired) electrons. The van der Waals surface area contributed by atoms with Crippen LogP contribution in [0.3, 0.4) is 0 Å². The molecule has 1 aliphatic heterocycles. The molecule has 0 bridgehead atoms. The molecule has 34 heavy (non-hydrogen) atoms.